The second kappa shape index (κ2) is 14.3. The van der Waals surface area contributed by atoms with Crippen LogP contribution in [-0.4, -0.2) is 91.5 Å². The van der Waals surface area contributed by atoms with Crippen LogP contribution >= 0.6 is 0 Å². The number of amides is 2. The van der Waals surface area contributed by atoms with E-state index in [2.05, 4.69) is 29.1 Å². The number of pyridine rings is 1. The zero-order chi connectivity index (χ0) is 32.6. The van der Waals surface area contributed by atoms with Crippen molar-refractivity contribution in [2.75, 3.05) is 19.6 Å². The number of hydrogen-bond donors (Lipinski definition) is 3. The van der Waals surface area contributed by atoms with Gasteiger partial charge in [-0.3, -0.25) is 14.6 Å². The number of piperidine rings is 1. The van der Waals surface area contributed by atoms with Crippen molar-refractivity contribution in [1.29, 1.82) is 0 Å². The van der Waals surface area contributed by atoms with Crippen LogP contribution in [0.2, 0.25) is 0 Å². The van der Waals surface area contributed by atoms with Gasteiger partial charge in [0.05, 0.1) is 6.54 Å². The summed E-state index contributed by atoms with van der Waals surface area (Å²) in [4.78, 5) is 53.6. The number of aromatic nitrogens is 3. The van der Waals surface area contributed by atoms with Crippen LogP contribution in [0.4, 0.5) is 26.3 Å². The first-order chi connectivity index (χ1) is 19.9. The molecule has 0 aromatic carbocycles. The Morgan fingerprint density at radius 2 is 1.51 bits per heavy atom. The second-order valence-corrected chi connectivity index (χ2v) is 9.78. The fourth-order valence-corrected chi connectivity index (χ4v) is 4.04. The normalized spacial score (nSPS) is 17.5. The molecule has 12 nitrogen and oxygen atoms in total. The standard InChI is InChI=1S/C21H27N5O3.2C2HF3O2/c1-15(2)13-24-18(27)17-14-26-12-9-23-20(26)21(29-17)5-10-25(11-6-21)19(28)16-3-7-22-8-4-16;2*3-2(4,5)1(6)7/h3-4,7-9,12,15,17H,5-6,10-11,13-14H2,1-2H3,(H,24,27);2*(H,6,7). The van der Waals surface area contributed by atoms with Crippen molar-refractivity contribution in [3.63, 3.8) is 0 Å². The van der Waals surface area contributed by atoms with Gasteiger partial charge in [0.1, 0.15) is 11.4 Å². The number of nitrogens with one attached hydrogen (secondary N) is 1. The summed E-state index contributed by atoms with van der Waals surface area (Å²) in [5.41, 5.74) is -0.00989. The molecule has 2 aliphatic heterocycles. The van der Waals surface area contributed by atoms with Gasteiger partial charge in [-0.2, -0.15) is 26.3 Å². The van der Waals surface area contributed by atoms with Crippen molar-refractivity contribution in [2.24, 2.45) is 5.92 Å². The first kappa shape index (κ1) is 35.0. The van der Waals surface area contributed by atoms with Gasteiger partial charge in [0, 0.05) is 62.8 Å². The zero-order valence-electron chi connectivity index (χ0n) is 22.9. The van der Waals surface area contributed by atoms with Crippen molar-refractivity contribution in [3.05, 3.63) is 48.3 Å². The summed E-state index contributed by atoms with van der Waals surface area (Å²) in [7, 11) is 0. The van der Waals surface area contributed by atoms with Crippen molar-refractivity contribution in [1.82, 2.24) is 24.8 Å². The molecule has 1 spiro atoms. The number of alkyl halides is 6. The van der Waals surface area contributed by atoms with E-state index < -0.39 is 36.0 Å². The Balaban J connectivity index is 0.000000384. The maximum absolute atomic E-state index is 12.8. The molecule has 1 saturated heterocycles. The Morgan fingerprint density at radius 1 is 1.00 bits per heavy atom. The predicted molar refractivity (Wildman–Crippen MR) is 133 cm³/mol. The maximum Gasteiger partial charge on any atom is 0.490 e. The number of carboxylic acid groups (broad SMARTS) is 2. The number of carboxylic acids is 2. The van der Waals surface area contributed by atoms with Crippen molar-refractivity contribution < 1.29 is 60.5 Å². The molecule has 238 valence electrons. The molecule has 2 aromatic rings. The number of hydrogen-bond acceptors (Lipinski definition) is 7. The lowest BCUT2D eigenvalue weighted by Crippen LogP contribution is -2.55. The quantitative estimate of drug-likeness (QED) is 0.434. The van der Waals surface area contributed by atoms with Crippen LogP contribution in [0.1, 0.15) is 42.9 Å². The third-order valence-corrected chi connectivity index (χ3v) is 6.10. The van der Waals surface area contributed by atoms with Crippen molar-refractivity contribution in [2.45, 2.75) is 57.3 Å². The van der Waals surface area contributed by atoms with Gasteiger partial charge in [-0.15, -0.1) is 0 Å². The molecule has 1 fully saturated rings. The fourth-order valence-electron chi connectivity index (χ4n) is 4.04. The number of carbonyl (C=O) groups is 4. The van der Waals surface area contributed by atoms with Crippen molar-refractivity contribution >= 4 is 23.8 Å². The maximum atomic E-state index is 12.8. The number of ether oxygens (including phenoxy) is 1. The predicted octanol–water partition coefficient (Wildman–Crippen LogP) is 2.85. The monoisotopic (exact) mass is 625 g/mol. The number of carbonyl (C=O) groups excluding carboxylic acids is 2. The molecular weight excluding hydrogens is 596 g/mol. The van der Waals surface area contributed by atoms with E-state index in [0.717, 1.165) is 5.82 Å². The third kappa shape index (κ3) is 9.93. The lowest BCUT2D eigenvalue weighted by atomic mass is 9.88. The average Bonchev–Trinajstić information content (AvgIpc) is 3.42. The molecule has 3 N–H and O–H groups in total. The molecule has 1 atom stereocenters. The molecule has 4 heterocycles. The summed E-state index contributed by atoms with van der Waals surface area (Å²) in [6, 6.07) is 3.46. The van der Waals surface area contributed by atoms with Gasteiger partial charge in [-0.25, -0.2) is 14.6 Å². The van der Waals surface area contributed by atoms with Gasteiger partial charge < -0.3 is 29.7 Å². The number of rotatable bonds is 4. The van der Waals surface area contributed by atoms with Gasteiger partial charge in [-0.1, -0.05) is 13.8 Å². The smallest absolute Gasteiger partial charge is 0.475 e. The molecule has 0 bridgehead atoms. The molecule has 2 aliphatic rings. The lowest BCUT2D eigenvalue weighted by molar-refractivity contribution is -0.193. The highest BCUT2D eigenvalue weighted by Crippen LogP contribution is 2.40. The van der Waals surface area contributed by atoms with E-state index in [0.29, 0.717) is 50.5 Å². The molecule has 4 rings (SSSR count). The number of aliphatic carboxylic acids is 2. The fraction of sp³-hybridized carbons (Fsp3) is 0.520. The van der Waals surface area contributed by atoms with Gasteiger partial charge in [0.25, 0.3) is 11.8 Å². The van der Waals surface area contributed by atoms with Crippen molar-refractivity contribution in [3.8, 4) is 0 Å². The summed E-state index contributed by atoms with van der Waals surface area (Å²) in [5, 5.41) is 17.2. The van der Waals surface area contributed by atoms with Crippen LogP contribution in [0.25, 0.3) is 0 Å². The number of fused-ring (bicyclic) bond motifs is 2. The molecule has 0 saturated carbocycles. The molecule has 18 heteroatoms. The number of likely N-dealkylation sites (tertiary alicyclic amines) is 1. The van der Waals surface area contributed by atoms with E-state index in [1.54, 1.807) is 30.7 Å². The number of imidazole rings is 1. The minimum absolute atomic E-state index is 0.00683. The largest absolute Gasteiger partial charge is 0.490 e. The first-order valence-corrected chi connectivity index (χ1v) is 12.6. The highest BCUT2D eigenvalue weighted by molar-refractivity contribution is 5.94. The molecule has 0 radical (unpaired) electrons. The molecule has 2 aromatic heterocycles. The van der Waals surface area contributed by atoms with Crippen LogP contribution in [0.5, 0.6) is 0 Å². The van der Waals surface area contributed by atoms with Crippen LogP contribution in [0.3, 0.4) is 0 Å². The molecular formula is C25H29F6N5O7. The van der Waals surface area contributed by atoms with Gasteiger partial charge in [0.2, 0.25) is 0 Å². The summed E-state index contributed by atoms with van der Waals surface area (Å²) in [5.74, 6) is -4.38. The molecule has 1 unspecified atom stereocenters. The van der Waals surface area contributed by atoms with E-state index >= 15 is 0 Å². The summed E-state index contributed by atoms with van der Waals surface area (Å²) in [6.45, 7) is 6.31. The van der Waals surface area contributed by atoms with Crippen LogP contribution in [0.15, 0.2) is 36.9 Å². The Bertz CT molecular complexity index is 1240. The Kier molecular flexibility index (Phi) is 11.6. The third-order valence-electron chi connectivity index (χ3n) is 6.10. The van der Waals surface area contributed by atoms with Crippen LogP contribution in [-0.2, 0) is 31.3 Å². The summed E-state index contributed by atoms with van der Waals surface area (Å²) in [6.07, 6.45) is -2.61. The molecule has 2 amide bonds. The Morgan fingerprint density at radius 3 is 1.98 bits per heavy atom. The SMILES string of the molecule is CC(C)CNC(=O)C1Cn2ccnc2C2(CCN(C(=O)c3ccncc3)CC2)O1.O=C(O)C(F)(F)F.O=C(O)C(F)(F)F. The minimum atomic E-state index is -5.08. The Labute approximate surface area is 240 Å². The average molecular weight is 626 g/mol. The highest BCUT2D eigenvalue weighted by atomic mass is 19.4. The number of halogens is 6. The van der Waals surface area contributed by atoms with E-state index in [4.69, 9.17) is 24.5 Å². The van der Waals surface area contributed by atoms with E-state index in [9.17, 15) is 35.9 Å². The first-order valence-electron chi connectivity index (χ1n) is 12.6. The minimum Gasteiger partial charge on any atom is -0.475 e. The van der Waals surface area contributed by atoms with Gasteiger partial charge >= 0.3 is 24.3 Å². The highest BCUT2D eigenvalue weighted by Gasteiger charge is 2.47. The van der Waals surface area contributed by atoms with Crippen LogP contribution < -0.4 is 5.32 Å². The van der Waals surface area contributed by atoms with Gasteiger partial charge in [-0.05, 0) is 18.1 Å². The van der Waals surface area contributed by atoms with Gasteiger partial charge in [0.15, 0.2) is 6.10 Å². The topological polar surface area (TPSA) is 164 Å². The molecule has 43 heavy (non-hydrogen) atoms. The Hall–Kier alpha value is -4.22. The van der Waals surface area contributed by atoms with Crippen LogP contribution in [0, 0.1) is 5.92 Å². The van der Waals surface area contributed by atoms with E-state index in [1.807, 2.05) is 15.7 Å². The van der Waals surface area contributed by atoms with E-state index in [-0.39, 0.29) is 11.8 Å². The summed E-state index contributed by atoms with van der Waals surface area (Å²) >= 11 is 0. The lowest BCUT2D eigenvalue weighted by Gasteiger charge is -2.45. The molecule has 0 aliphatic carbocycles. The second-order valence-electron chi connectivity index (χ2n) is 9.78. The summed E-state index contributed by atoms with van der Waals surface area (Å²) < 4.78 is 71.9. The number of nitrogens with zero attached hydrogens (tertiary/aromatic N) is 4. The zero-order valence-corrected chi connectivity index (χ0v) is 22.9. The van der Waals surface area contributed by atoms with E-state index in [1.165, 1.54) is 0 Å².